The number of carbonyl (C=O) groups is 3. The average molecular weight is 659 g/mol. The van der Waals surface area contributed by atoms with Gasteiger partial charge in [-0.15, -0.1) is 24.9 Å². The summed E-state index contributed by atoms with van der Waals surface area (Å²) in [7, 11) is 0. The van der Waals surface area contributed by atoms with Gasteiger partial charge in [-0.05, 0) is 37.7 Å². The molecule has 0 aromatic heterocycles. The van der Waals surface area contributed by atoms with Crippen LogP contribution in [-0.4, -0.2) is 90.7 Å². The van der Waals surface area contributed by atoms with E-state index < -0.39 is 22.6 Å². The largest absolute Gasteiger partial charge is 0.396 e. The van der Waals surface area contributed by atoms with Gasteiger partial charge < -0.3 is 19.8 Å². The van der Waals surface area contributed by atoms with Gasteiger partial charge in [-0.1, -0.05) is 77.7 Å². The lowest BCUT2D eigenvalue weighted by Gasteiger charge is -2.41. The maximum absolute atomic E-state index is 14.7. The number of likely N-dealkylation sites (tertiary alicyclic amines) is 1. The number of carbonyl (C=O) groups excluding carboxylic acids is 3. The van der Waals surface area contributed by atoms with Crippen molar-refractivity contribution in [2.75, 3.05) is 26.2 Å². The monoisotopic (exact) mass is 657 g/mol. The molecule has 1 spiro atoms. The van der Waals surface area contributed by atoms with Gasteiger partial charge in [-0.25, -0.2) is 0 Å². The minimum Gasteiger partial charge on any atom is -0.396 e. The molecule has 4 aliphatic rings. The van der Waals surface area contributed by atoms with Gasteiger partial charge in [-0.2, -0.15) is 0 Å². The molecule has 2 bridgehead atoms. The number of aliphatic hydroxyl groups excluding tert-OH is 1. The van der Waals surface area contributed by atoms with E-state index >= 15 is 0 Å². The van der Waals surface area contributed by atoms with Crippen LogP contribution in [0.3, 0.4) is 0 Å². The van der Waals surface area contributed by atoms with E-state index in [1.807, 2.05) is 40.1 Å². The first-order valence-electron chi connectivity index (χ1n) is 15.5. The van der Waals surface area contributed by atoms with Crippen LogP contribution in [-0.2, 0) is 20.9 Å². The molecule has 3 heterocycles. The first-order valence-corrected chi connectivity index (χ1v) is 17.3. The fraction of sp³-hybridized carbons (Fsp3) is 0.606. The molecule has 228 valence electrons. The summed E-state index contributed by atoms with van der Waals surface area (Å²) in [6.45, 7) is 9.59. The van der Waals surface area contributed by atoms with Crippen molar-refractivity contribution in [1.29, 1.82) is 0 Å². The normalized spacial score (nSPS) is 30.3. The standard InChI is InChI=1S/C33H44BrN3O4S/c1-3-17-35(22-23-13-7-5-8-14-23)30(39)26-27-31(40)37(19-11-12-20-38)29(33(27)21-25(34)28(26)42-33)32(41)36(18-4-2)24-15-9-6-10-16-24/h3-5,7-8,13-14,24-29,38H,1-2,6,9-12,15-22H2/t25?,26-,27-,28-,29?,33?/m0/s1. The van der Waals surface area contributed by atoms with E-state index in [1.165, 1.54) is 6.42 Å². The van der Waals surface area contributed by atoms with Crippen LogP contribution in [0.2, 0.25) is 0 Å². The Hall–Kier alpha value is -2.10. The molecule has 1 aromatic rings. The molecule has 7 nitrogen and oxygen atoms in total. The van der Waals surface area contributed by atoms with Gasteiger partial charge in [0.1, 0.15) is 6.04 Å². The first kappa shape index (κ1) is 31.3. The van der Waals surface area contributed by atoms with Crippen molar-refractivity contribution in [2.45, 2.75) is 84.8 Å². The summed E-state index contributed by atoms with van der Waals surface area (Å²) < 4.78 is -0.673. The number of halogens is 1. The smallest absolute Gasteiger partial charge is 0.247 e. The van der Waals surface area contributed by atoms with Crippen LogP contribution in [0.15, 0.2) is 55.6 Å². The number of fused-ring (bicyclic) bond motifs is 1. The van der Waals surface area contributed by atoms with Crippen LogP contribution in [0.5, 0.6) is 0 Å². The summed E-state index contributed by atoms with van der Waals surface area (Å²) in [4.78, 5) is 49.2. The molecule has 1 aliphatic carbocycles. The summed E-state index contributed by atoms with van der Waals surface area (Å²) in [6.07, 6.45) is 10.7. The Morgan fingerprint density at radius 2 is 1.79 bits per heavy atom. The maximum Gasteiger partial charge on any atom is 0.247 e. The number of rotatable bonds is 13. The summed E-state index contributed by atoms with van der Waals surface area (Å²) in [5.74, 6) is -1.21. The van der Waals surface area contributed by atoms with Crippen LogP contribution in [0.4, 0.5) is 0 Å². The summed E-state index contributed by atoms with van der Waals surface area (Å²) in [5.41, 5.74) is 1.03. The van der Waals surface area contributed by atoms with Crippen LogP contribution in [0.25, 0.3) is 0 Å². The molecule has 0 radical (unpaired) electrons. The predicted molar refractivity (Wildman–Crippen MR) is 171 cm³/mol. The van der Waals surface area contributed by atoms with E-state index in [0.717, 1.165) is 31.2 Å². The number of thioether (sulfide) groups is 1. The van der Waals surface area contributed by atoms with Crippen LogP contribution in [0.1, 0.15) is 56.9 Å². The van der Waals surface area contributed by atoms with E-state index in [4.69, 9.17) is 0 Å². The number of hydrogen-bond donors (Lipinski definition) is 1. The lowest BCUT2D eigenvalue weighted by Crippen LogP contribution is -2.57. The van der Waals surface area contributed by atoms with Crippen molar-refractivity contribution >= 4 is 45.4 Å². The lowest BCUT2D eigenvalue weighted by molar-refractivity contribution is -0.145. The van der Waals surface area contributed by atoms with Gasteiger partial charge in [0.2, 0.25) is 17.7 Å². The van der Waals surface area contributed by atoms with Crippen molar-refractivity contribution in [1.82, 2.24) is 14.7 Å². The van der Waals surface area contributed by atoms with E-state index in [-0.39, 0.29) is 40.4 Å². The molecule has 3 saturated heterocycles. The second-order valence-corrected chi connectivity index (χ2v) is 14.9. The molecule has 9 heteroatoms. The number of benzene rings is 1. The van der Waals surface area contributed by atoms with E-state index in [1.54, 1.807) is 28.8 Å². The zero-order valence-corrected chi connectivity index (χ0v) is 26.8. The summed E-state index contributed by atoms with van der Waals surface area (Å²) in [5, 5.41) is 9.41. The third-order valence-electron chi connectivity index (χ3n) is 9.62. The number of unbranched alkanes of at least 4 members (excludes halogenated alkanes) is 1. The molecule has 1 saturated carbocycles. The predicted octanol–water partition coefficient (Wildman–Crippen LogP) is 4.79. The van der Waals surface area contributed by atoms with Crippen LogP contribution in [0, 0.1) is 11.8 Å². The zero-order chi connectivity index (χ0) is 29.9. The molecule has 1 aromatic carbocycles. The van der Waals surface area contributed by atoms with Crippen molar-refractivity contribution in [3.63, 3.8) is 0 Å². The Kier molecular flexibility index (Phi) is 10.2. The van der Waals surface area contributed by atoms with Crippen LogP contribution < -0.4 is 0 Å². The molecular weight excluding hydrogens is 614 g/mol. The fourth-order valence-corrected chi connectivity index (χ4v) is 11.4. The summed E-state index contributed by atoms with van der Waals surface area (Å²) >= 11 is 5.60. The highest BCUT2D eigenvalue weighted by Crippen LogP contribution is 2.68. The Bertz CT molecular complexity index is 1160. The van der Waals surface area contributed by atoms with Crippen molar-refractivity contribution in [2.24, 2.45) is 11.8 Å². The zero-order valence-electron chi connectivity index (χ0n) is 24.4. The lowest BCUT2D eigenvalue weighted by atomic mass is 9.70. The van der Waals surface area contributed by atoms with Gasteiger partial charge in [-0.3, -0.25) is 14.4 Å². The van der Waals surface area contributed by atoms with Gasteiger partial charge in [0, 0.05) is 48.9 Å². The molecule has 3 unspecified atom stereocenters. The molecular formula is C33H44BrN3O4S. The highest BCUT2D eigenvalue weighted by molar-refractivity contribution is 9.09. The molecule has 42 heavy (non-hydrogen) atoms. The highest BCUT2D eigenvalue weighted by atomic mass is 79.9. The van der Waals surface area contributed by atoms with Gasteiger partial charge in [0.25, 0.3) is 0 Å². The minimum absolute atomic E-state index is 0.00479. The average Bonchev–Trinajstić information content (AvgIpc) is 3.59. The van der Waals surface area contributed by atoms with E-state index in [0.29, 0.717) is 45.4 Å². The second-order valence-electron chi connectivity index (χ2n) is 12.2. The van der Waals surface area contributed by atoms with Gasteiger partial charge in [0.15, 0.2) is 0 Å². The summed E-state index contributed by atoms with van der Waals surface area (Å²) in [6, 6.07) is 9.40. The number of amides is 3. The quantitative estimate of drug-likeness (QED) is 0.188. The molecule has 5 rings (SSSR count). The molecule has 3 aliphatic heterocycles. The highest BCUT2D eigenvalue weighted by Gasteiger charge is 2.76. The Labute approximate surface area is 262 Å². The third kappa shape index (κ3) is 5.73. The first-order chi connectivity index (χ1) is 20.4. The van der Waals surface area contributed by atoms with E-state index in [9.17, 15) is 19.5 Å². The topological polar surface area (TPSA) is 81.2 Å². The van der Waals surface area contributed by atoms with Crippen molar-refractivity contribution < 1.29 is 19.5 Å². The molecule has 1 N–H and O–H groups in total. The molecule has 3 amide bonds. The number of hydrogen-bond acceptors (Lipinski definition) is 5. The molecule has 4 fully saturated rings. The van der Waals surface area contributed by atoms with Crippen molar-refractivity contribution in [3.8, 4) is 0 Å². The number of aliphatic hydroxyl groups is 1. The van der Waals surface area contributed by atoms with Gasteiger partial charge >= 0.3 is 0 Å². The second kappa shape index (κ2) is 13.7. The fourth-order valence-electron chi connectivity index (χ4n) is 7.84. The number of alkyl halides is 1. The third-order valence-corrected chi connectivity index (χ3v) is 12.8. The maximum atomic E-state index is 14.7. The minimum atomic E-state index is -0.673. The Morgan fingerprint density at radius 1 is 1.07 bits per heavy atom. The Morgan fingerprint density at radius 3 is 2.45 bits per heavy atom. The Balaban J connectivity index is 1.51. The SMILES string of the molecule is C=CCN(Cc1ccccc1)C(=O)[C@H]1[C@H]2C(=O)N(CCCCO)C(C(=O)N(CC=C)C3CCCCC3)C23CC(Br)[C@@H]1S3. The van der Waals surface area contributed by atoms with Gasteiger partial charge in [0.05, 0.1) is 16.6 Å². The van der Waals surface area contributed by atoms with Crippen LogP contribution >= 0.6 is 27.7 Å². The van der Waals surface area contributed by atoms with Crippen molar-refractivity contribution in [3.05, 3.63) is 61.2 Å². The van der Waals surface area contributed by atoms with E-state index in [2.05, 4.69) is 29.1 Å². The number of nitrogens with zero attached hydrogens (tertiary/aromatic N) is 3. The molecule has 6 atom stereocenters.